The van der Waals surface area contributed by atoms with Crippen LogP contribution in [0.15, 0.2) is 59.1 Å². The van der Waals surface area contributed by atoms with Crippen molar-refractivity contribution in [3.05, 3.63) is 64.7 Å². The van der Waals surface area contributed by atoms with E-state index >= 15 is 0 Å². The summed E-state index contributed by atoms with van der Waals surface area (Å²) in [6, 6.07) is 7.86. The number of halogens is 1. The van der Waals surface area contributed by atoms with Gasteiger partial charge in [-0.2, -0.15) is 4.98 Å². The number of carbonyl (C=O) groups is 1. The smallest absolute Gasteiger partial charge is 0.323 e. The van der Waals surface area contributed by atoms with Crippen LogP contribution in [0.4, 0.5) is 10.6 Å². The van der Waals surface area contributed by atoms with Crippen LogP contribution in [0.5, 0.6) is 17.6 Å². The van der Waals surface area contributed by atoms with Gasteiger partial charge in [0.1, 0.15) is 5.75 Å². The Balaban J connectivity index is 1.38. The van der Waals surface area contributed by atoms with Gasteiger partial charge in [-0.1, -0.05) is 30.7 Å². The molecule has 170 valence electrons. The summed E-state index contributed by atoms with van der Waals surface area (Å²) in [7, 11) is 1.51. The molecule has 0 aliphatic carbocycles. The average Bonchev–Trinajstić information content (AvgIpc) is 2.82. The molecular formula is C23H23BrN6O3. The minimum atomic E-state index is -0.201. The van der Waals surface area contributed by atoms with Crippen LogP contribution < -0.4 is 14.8 Å². The number of piperidine rings is 1. The Morgan fingerprint density at radius 3 is 2.82 bits per heavy atom. The molecule has 1 fully saturated rings. The predicted octanol–water partition coefficient (Wildman–Crippen LogP) is 4.79. The Hall–Kier alpha value is -3.53. The number of amides is 2. The first-order valence-electron chi connectivity index (χ1n) is 10.4. The lowest BCUT2D eigenvalue weighted by atomic mass is 9.91. The van der Waals surface area contributed by atoms with E-state index in [0.29, 0.717) is 30.5 Å². The van der Waals surface area contributed by atoms with Gasteiger partial charge in [-0.15, -0.1) is 0 Å². The van der Waals surface area contributed by atoms with Crippen molar-refractivity contribution in [2.45, 2.75) is 13.3 Å². The SMILES string of the molecule is COc1cncc(NC(=O)N2CC/C(=C\c3cccc(Oc4ncc(Br)cn4)c3)C(C)C2)n1. The molecule has 1 atom stereocenters. The number of anilines is 1. The molecule has 3 aromatic rings. The lowest BCUT2D eigenvalue weighted by Gasteiger charge is -2.33. The van der Waals surface area contributed by atoms with Gasteiger partial charge in [0.2, 0.25) is 5.88 Å². The van der Waals surface area contributed by atoms with E-state index in [4.69, 9.17) is 9.47 Å². The third kappa shape index (κ3) is 6.04. The molecule has 0 saturated carbocycles. The van der Waals surface area contributed by atoms with Gasteiger partial charge in [0.05, 0.1) is 24.0 Å². The number of rotatable bonds is 5. The molecule has 1 aliphatic heterocycles. The quantitative estimate of drug-likeness (QED) is 0.526. The van der Waals surface area contributed by atoms with Crippen molar-refractivity contribution in [2.24, 2.45) is 5.92 Å². The molecule has 1 saturated heterocycles. The average molecular weight is 511 g/mol. The maximum absolute atomic E-state index is 12.7. The van der Waals surface area contributed by atoms with Gasteiger partial charge < -0.3 is 14.4 Å². The van der Waals surface area contributed by atoms with Gasteiger partial charge in [-0.25, -0.2) is 14.8 Å². The second-order valence-electron chi connectivity index (χ2n) is 7.55. The van der Waals surface area contributed by atoms with Crippen molar-refractivity contribution in [1.82, 2.24) is 24.8 Å². The van der Waals surface area contributed by atoms with E-state index in [9.17, 15) is 4.79 Å². The maximum atomic E-state index is 12.7. The fourth-order valence-corrected chi connectivity index (χ4v) is 3.69. The summed E-state index contributed by atoms with van der Waals surface area (Å²) in [6.45, 7) is 3.34. The van der Waals surface area contributed by atoms with Crippen LogP contribution in [0, 0.1) is 5.92 Å². The zero-order valence-electron chi connectivity index (χ0n) is 18.2. The molecular weight excluding hydrogens is 488 g/mol. The van der Waals surface area contributed by atoms with Crippen LogP contribution in [0.3, 0.4) is 0 Å². The van der Waals surface area contributed by atoms with E-state index < -0.39 is 0 Å². The molecule has 3 heterocycles. The summed E-state index contributed by atoms with van der Waals surface area (Å²) >= 11 is 3.31. The second-order valence-corrected chi connectivity index (χ2v) is 8.47. The minimum absolute atomic E-state index is 0.201. The van der Waals surface area contributed by atoms with Gasteiger partial charge in [0.25, 0.3) is 0 Å². The standard InChI is InChI=1S/C23H23BrN6O3/c1-15-14-30(23(31)29-20-12-25-13-21(28-20)32-2)7-6-17(15)8-16-4-3-5-19(9-16)33-22-26-10-18(24)11-27-22/h3-5,8-13,15H,6-7,14H2,1-2H3,(H,28,29,31)/b17-8+. The molecule has 9 nitrogen and oxygen atoms in total. The van der Waals surface area contributed by atoms with Gasteiger partial charge in [0.15, 0.2) is 5.82 Å². The number of carbonyl (C=O) groups excluding carboxylic acids is 1. The number of hydrogen-bond donors (Lipinski definition) is 1. The molecule has 1 N–H and O–H groups in total. The zero-order chi connectivity index (χ0) is 23.2. The van der Waals surface area contributed by atoms with Gasteiger partial charge in [0, 0.05) is 25.5 Å². The first kappa shape index (κ1) is 22.7. The van der Waals surface area contributed by atoms with Crippen LogP contribution in [0.2, 0.25) is 0 Å². The van der Waals surface area contributed by atoms with Crippen LogP contribution in [-0.2, 0) is 0 Å². The predicted molar refractivity (Wildman–Crippen MR) is 127 cm³/mol. The van der Waals surface area contributed by atoms with E-state index in [1.54, 1.807) is 17.3 Å². The van der Waals surface area contributed by atoms with E-state index in [2.05, 4.69) is 54.2 Å². The molecule has 1 aliphatic rings. The van der Waals surface area contributed by atoms with E-state index in [1.165, 1.54) is 25.1 Å². The van der Waals surface area contributed by atoms with Crippen LogP contribution in [-0.4, -0.2) is 51.1 Å². The molecule has 33 heavy (non-hydrogen) atoms. The number of hydrogen-bond acceptors (Lipinski definition) is 7. The molecule has 2 amide bonds. The highest BCUT2D eigenvalue weighted by Crippen LogP contribution is 2.27. The van der Waals surface area contributed by atoms with Gasteiger partial charge in [-0.05, 0) is 46.0 Å². The Labute approximate surface area is 200 Å². The normalized spacial score (nSPS) is 17.0. The molecule has 0 bridgehead atoms. The van der Waals surface area contributed by atoms with Crippen molar-refractivity contribution in [1.29, 1.82) is 0 Å². The van der Waals surface area contributed by atoms with Gasteiger partial charge >= 0.3 is 12.0 Å². The van der Waals surface area contributed by atoms with Crippen LogP contribution in [0.1, 0.15) is 18.9 Å². The summed E-state index contributed by atoms with van der Waals surface area (Å²) in [5, 5.41) is 2.79. The van der Waals surface area contributed by atoms with Crippen molar-refractivity contribution in [3.8, 4) is 17.6 Å². The fourth-order valence-electron chi connectivity index (χ4n) is 3.48. The summed E-state index contributed by atoms with van der Waals surface area (Å²) in [4.78, 5) is 30.9. The van der Waals surface area contributed by atoms with Crippen molar-refractivity contribution >= 4 is 33.9 Å². The molecule has 4 rings (SSSR count). The Morgan fingerprint density at radius 1 is 1.24 bits per heavy atom. The second kappa shape index (κ2) is 10.4. The van der Waals surface area contributed by atoms with E-state index in [0.717, 1.165) is 16.5 Å². The highest BCUT2D eigenvalue weighted by molar-refractivity contribution is 9.10. The van der Waals surface area contributed by atoms with Crippen molar-refractivity contribution < 1.29 is 14.3 Å². The number of benzene rings is 1. The van der Waals surface area contributed by atoms with E-state index in [-0.39, 0.29) is 18.0 Å². The Morgan fingerprint density at radius 2 is 2.06 bits per heavy atom. The molecule has 10 heteroatoms. The largest absolute Gasteiger partial charge is 0.480 e. The van der Waals surface area contributed by atoms with Crippen molar-refractivity contribution in [2.75, 3.05) is 25.5 Å². The Kier molecular flexibility index (Phi) is 7.13. The minimum Gasteiger partial charge on any atom is -0.480 e. The summed E-state index contributed by atoms with van der Waals surface area (Å²) in [5.74, 6) is 1.58. The monoisotopic (exact) mass is 510 g/mol. The summed E-state index contributed by atoms with van der Waals surface area (Å²) in [6.07, 6.45) is 9.19. The number of methoxy groups -OCH3 is 1. The topological polar surface area (TPSA) is 102 Å². The molecule has 0 radical (unpaired) electrons. The summed E-state index contributed by atoms with van der Waals surface area (Å²) < 4.78 is 11.6. The maximum Gasteiger partial charge on any atom is 0.323 e. The van der Waals surface area contributed by atoms with Gasteiger partial charge in [-0.3, -0.25) is 10.3 Å². The number of likely N-dealkylation sites (tertiary alicyclic amines) is 1. The third-order valence-corrected chi connectivity index (χ3v) is 5.57. The third-order valence-electron chi connectivity index (χ3n) is 5.16. The number of urea groups is 1. The lowest BCUT2D eigenvalue weighted by molar-refractivity contribution is 0.197. The number of ether oxygens (including phenoxy) is 2. The zero-order valence-corrected chi connectivity index (χ0v) is 19.8. The molecule has 1 aromatic carbocycles. The summed E-state index contributed by atoms with van der Waals surface area (Å²) in [5.41, 5.74) is 2.30. The van der Waals surface area contributed by atoms with Crippen LogP contribution >= 0.6 is 15.9 Å². The van der Waals surface area contributed by atoms with Crippen LogP contribution in [0.25, 0.3) is 6.08 Å². The lowest BCUT2D eigenvalue weighted by Crippen LogP contribution is -2.42. The van der Waals surface area contributed by atoms with E-state index in [1.807, 2.05) is 24.3 Å². The number of nitrogens with zero attached hydrogens (tertiary/aromatic N) is 5. The highest BCUT2D eigenvalue weighted by Gasteiger charge is 2.24. The highest BCUT2D eigenvalue weighted by atomic mass is 79.9. The molecule has 2 aromatic heterocycles. The first-order valence-corrected chi connectivity index (χ1v) is 11.2. The fraction of sp³-hybridized carbons (Fsp3) is 0.261. The molecule has 0 spiro atoms. The number of aromatic nitrogens is 4. The molecule has 1 unspecified atom stereocenters. The number of nitrogens with one attached hydrogen (secondary N) is 1. The Bertz CT molecular complexity index is 1150. The first-order chi connectivity index (χ1) is 16.0. The van der Waals surface area contributed by atoms with Crippen molar-refractivity contribution in [3.63, 3.8) is 0 Å².